The lowest BCUT2D eigenvalue weighted by Gasteiger charge is -2.12. The van der Waals surface area contributed by atoms with E-state index < -0.39 is 0 Å². The summed E-state index contributed by atoms with van der Waals surface area (Å²) in [6.45, 7) is 0.954. The fourth-order valence-electron chi connectivity index (χ4n) is 2.09. The third kappa shape index (κ3) is 2.31. The Balaban J connectivity index is 1.86. The van der Waals surface area contributed by atoms with Gasteiger partial charge in [0.05, 0.1) is 11.4 Å². The molecule has 0 unspecified atom stereocenters. The summed E-state index contributed by atoms with van der Waals surface area (Å²) in [6, 6.07) is 18.6. The highest BCUT2D eigenvalue weighted by Crippen LogP contribution is 2.22. The molecule has 0 bridgehead atoms. The maximum Gasteiger partial charge on any atom is 0.0700 e. The van der Waals surface area contributed by atoms with Crippen LogP contribution in [0.15, 0.2) is 64.2 Å². The molecule has 0 saturated heterocycles. The van der Waals surface area contributed by atoms with Crippen molar-refractivity contribution in [3.63, 3.8) is 0 Å². The second-order valence-electron chi connectivity index (χ2n) is 4.26. The molecule has 0 saturated carbocycles. The van der Waals surface area contributed by atoms with Gasteiger partial charge in [-0.15, -0.1) is 0 Å². The highest BCUT2D eigenvalue weighted by molar-refractivity contribution is 9.10. The summed E-state index contributed by atoms with van der Waals surface area (Å²) < 4.78 is 1.10. The Morgan fingerprint density at radius 1 is 0.944 bits per heavy atom. The first-order valence-corrected chi connectivity index (χ1v) is 6.78. The number of hydrogen-bond donors (Lipinski definition) is 0. The van der Waals surface area contributed by atoms with Crippen molar-refractivity contribution < 1.29 is 0 Å². The molecule has 0 aliphatic carbocycles. The van der Waals surface area contributed by atoms with Crippen LogP contribution in [0.4, 0.5) is 5.69 Å². The fourth-order valence-corrected chi connectivity index (χ4v) is 2.35. The first-order chi connectivity index (χ1) is 8.83. The minimum atomic E-state index is 0.954. The maximum absolute atomic E-state index is 4.69. The van der Waals surface area contributed by atoms with Crippen molar-refractivity contribution in [3.8, 4) is 0 Å². The van der Waals surface area contributed by atoms with Gasteiger partial charge in [-0.1, -0.05) is 46.3 Å². The van der Waals surface area contributed by atoms with Crippen molar-refractivity contribution in [2.45, 2.75) is 6.42 Å². The zero-order chi connectivity index (χ0) is 12.4. The molecule has 0 radical (unpaired) electrons. The summed E-state index contributed by atoms with van der Waals surface area (Å²) in [5.74, 6) is 0. The summed E-state index contributed by atoms with van der Waals surface area (Å²) in [5.41, 5.74) is 3.52. The highest BCUT2D eigenvalue weighted by Gasteiger charge is 2.16. The molecule has 0 N–H and O–H groups in total. The van der Waals surface area contributed by atoms with Gasteiger partial charge in [0.25, 0.3) is 0 Å². The first-order valence-electron chi connectivity index (χ1n) is 5.99. The Bertz CT molecular complexity index is 561. The lowest BCUT2D eigenvalue weighted by Crippen LogP contribution is -2.11. The van der Waals surface area contributed by atoms with Crippen LogP contribution in [0.1, 0.15) is 12.0 Å². The molecule has 0 amide bonds. The van der Waals surface area contributed by atoms with Gasteiger partial charge >= 0.3 is 0 Å². The summed E-state index contributed by atoms with van der Waals surface area (Å²) in [7, 11) is 0. The Morgan fingerprint density at radius 2 is 1.67 bits per heavy atom. The van der Waals surface area contributed by atoms with Crippen LogP contribution in [-0.4, -0.2) is 12.3 Å². The molecule has 3 rings (SSSR count). The number of hydrogen-bond acceptors (Lipinski definition) is 2. The minimum absolute atomic E-state index is 0.954. The largest absolute Gasteiger partial charge is 0.265 e. The van der Waals surface area contributed by atoms with E-state index >= 15 is 0 Å². The third-order valence-corrected chi connectivity index (χ3v) is 3.56. The van der Waals surface area contributed by atoms with E-state index in [1.807, 2.05) is 18.2 Å². The van der Waals surface area contributed by atoms with Crippen LogP contribution in [0.3, 0.4) is 0 Å². The lowest BCUT2D eigenvalue weighted by molar-refractivity contribution is 0.922. The number of rotatable bonds is 2. The number of benzene rings is 2. The number of anilines is 1. The van der Waals surface area contributed by atoms with Gasteiger partial charge in [0.15, 0.2) is 0 Å². The molecule has 2 aromatic rings. The normalized spacial score (nSPS) is 14.7. The van der Waals surface area contributed by atoms with Crippen LogP contribution in [0, 0.1) is 0 Å². The van der Waals surface area contributed by atoms with E-state index in [1.165, 1.54) is 5.56 Å². The Kier molecular flexibility index (Phi) is 3.15. The summed E-state index contributed by atoms with van der Waals surface area (Å²) in [5, 5.41) is 6.76. The lowest BCUT2D eigenvalue weighted by atomic mass is 10.1. The van der Waals surface area contributed by atoms with E-state index in [2.05, 4.69) is 57.3 Å². The molecule has 0 fully saturated rings. The van der Waals surface area contributed by atoms with E-state index in [9.17, 15) is 0 Å². The van der Waals surface area contributed by atoms with Gasteiger partial charge in [-0.2, -0.15) is 5.10 Å². The van der Waals surface area contributed by atoms with Crippen LogP contribution >= 0.6 is 15.9 Å². The number of nitrogens with zero attached hydrogens (tertiary/aromatic N) is 2. The summed E-state index contributed by atoms with van der Waals surface area (Å²) in [4.78, 5) is 0. The first kappa shape index (κ1) is 11.5. The average Bonchev–Trinajstić information content (AvgIpc) is 2.90. The van der Waals surface area contributed by atoms with E-state index in [0.29, 0.717) is 0 Å². The van der Waals surface area contributed by atoms with E-state index in [4.69, 9.17) is 5.10 Å². The monoisotopic (exact) mass is 300 g/mol. The predicted octanol–water partition coefficient (Wildman–Crippen LogP) is 4.06. The van der Waals surface area contributed by atoms with E-state index in [1.54, 1.807) is 0 Å². The van der Waals surface area contributed by atoms with Crippen molar-refractivity contribution >= 4 is 27.3 Å². The Labute approximate surface area is 115 Å². The molecular weight excluding hydrogens is 288 g/mol. The van der Waals surface area contributed by atoms with E-state index in [0.717, 1.165) is 28.8 Å². The molecule has 0 aromatic heterocycles. The number of halogens is 1. The van der Waals surface area contributed by atoms with Crippen LogP contribution in [0.2, 0.25) is 0 Å². The summed E-state index contributed by atoms with van der Waals surface area (Å²) in [6.07, 6.45) is 0.997. The minimum Gasteiger partial charge on any atom is -0.265 e. The standard InChI is InChI=1S/C15H13BrN2/c16-13-8-6-12(7-9-13)15-10-11-18(17-15)14-4-2-1-3-5-14/h1-9H,10-11H2. The van der Waals surface area contributed by atoms with Gasteiger partial charge < -0.3 is 0 Å². The van der Waals surface area contributed by atoms with Crippen molar-refractivity contribution in [1.29, 1.82) is 0 Å². The molecule has 1 aliphatic heterocycles. The topological polar surface area (TPSA) is 15.6 Å². The van der Waals surface area contributed by atoms with Crippen molar-refractivity contribution in [3.05, 3.63) is 64.6 Å². The fraction of sp³-hybridized carbons (Fsp3) is 0.133. The molecule has 2 nitrogen and oxygen atoms in total. The molecule has 90 valence electrons. The third-order valence-electron chi connectivity index (χ3n) is 3.03. The Hall–Kier alpha value is -1.61. The average molecular weight is 301 g/mol. The van der Waals surface area contributed by atoms with Crippen molar-refractivity contribution in [2.24, 2.45) is 5.10 Å². The number of hydrazone groups is 1. The molecule has 1 aliphatic rings. The maximum atomic E-state index is 4.69. The molecule has 3 heteroatoms. The zero-order valence-corrected chi connectivity index (χ0v) is 11.5. The quantitative estimate of drug-likeness (QED) is 0.816. The molecule has 18 heavy (non-hydrogen) atoms. The summed E-state index contributed by atoms with van der Waals surface area (Å²) >= 11 is 3.45. The molecule has 0 atom stereocenters. The Morgan fingerprint density at radius 3 is 2.39 bits per heavy atom. The van der Waals surface area contributed by atoms with Gasteiger partial charge in [-0.3, -0.25) is 5.01 Å². The van der Waals surface area contributed by atoms with Gasteiger partial charge in [-0.25, -0.2) is 0 Å². The smallest absolute Gasteiger partial charge is 0.0700 e. The van der Waals surface area contributed by atoms with Crippen LogP contribution < -0.4 is 5.01 Å². The van der Waals surface area contributed by atoms with Crippen molar-refractivity contribution in [2.75, 3.05) is 11.6 Å². The van der Waals surface area contributed by atoms with Gasteiger partial charge in [0, 0.05) is 17.4 Å². The second kappa shape index (κ2) is 4.94. The van der Waals surface area contributed by atoms with E-state index in [-0.39, 0.29) is 0 Å². The molecular formula is C15H13BrN2. The molecule has 0 spiro atoms. The second-order valence-corrected chi connectivity index (χ2v) is 5.18. The SMILES string of the molecule is Brc1ccc(C2=NN(c3ccccc3)CC2)cc1. The van der Waals surface area contributed by atoms with Gasteiger partial charge in [0.1, 0.15) is 0 Å². The van der Waals surface area contributed by atoms with Crippen LogP contribution in [0.5, 0.6) is 0 Å². The highest BCUT2D eigenvalue weighted by atomic mass is 79.9. The van der Waals surface area contributed by atoms with Crippen LogP contribution in [-0.2, 0) is 0 Å². The van der Waals surface area contributed by atoms with Crippen LogP contribution in [0.25, 0.3) is 0 Å². The predicted molar refractivity (Wildman–Crippen MR) is 79.1 cm³/mol. The van der Waals surface area contributed by atoms with Gasteiger partial charge in [0.2, 0.25) is 0 Å². The van der Waals surface area contributed by atoms with Crippen molar-refractivity contribution in [1.82, 2.24) is 0 Å². The zero-order valence-electron chi connectivity index (χ0n) is 9.88. The molecule has 2 aromatic carbocycles. The number of para-hydroxylation sites is 1. The van der Waals surface area contributed by atoms with Gasteiger partial charge in [-0.05, 0) is 29.8 Å². The molecule has 1 heterocycles.